The van der Waals surface area contributed by atoms with Gasteiger partial charge < -0.3 is 9.84 Å². The Balaban J connectivity index is 1.66. The molecule has 1 aliphatic rings. The number of rotatable bonds is 6. The molecule has 0 bridgehead atoms. The summed E-state index contributed by atoms with van der Waals surface area (Å²) >= 11 is 0. The zero-order valence-corrected chi connectivity index (χ0v) is 11.3. The van der Waals surface area contributed by atoms with Gasteiger partial charge in [-0.25, -0.2) is 0 Å². The standard InChI is InChI=1S/C16H24O2/c1-13-4-2-5-14(12-13)7-8-15(17)9-10-16-6-3-11-18-16/h2,4-5,12,15-17H,3,6-11H2,1H3. The number of hydrogen-bond donors (Lipinski definition) is 1. The van der Waals surface area contributed by atoms with E-state index in [0.29, 0.717) is 6.10 Å². The molecule has 0 spiro atoms. The van der Waals surface area contributed by atoms with Gasteiger partial charge in [0, 0.05) is 6.61 Å². The van der Waals surface area contributed by atoms with Crippen molar-refractivity contribution in [2.45, 2.75) is 57.7 Å². The van der Waals surface area contributed by atoms with E-state index in [0.717, 1.165) is 32.3 Å². The van der Waals surface area contributed by atoms with Crippen molar-refractivity contribution < 1.29 is 9.84 Å². The van der Waals surface area contributed by atoms with Crippen molar-refractivity contribution in [3.8, 4) is 0 Å². The van der Waals surface area contributed by atoms with Gasteiger partial charge in [0.1, 0.15) is 0 Å². The van der Waals surface area contributed by atoms with E-state index in [4.69, 9.17) is 4.74 Å². The maximum atomic E-state index is 9.98. The van der Waals surface area contributed by atoms with Crippen molar-refractivity contribution in [1.29, 1.82) is 0 Å². The molecule has 1 saturated heterocycles. The first kappa shape index (κ1) is 13.6. The molecular formula is C16H24O2. The molecule has 0 aliphatic carbocycles. The van der Waals surface area contributed by atoms with Crippen LogP contribution in [-0.2, 0) is 11.2 Å². The highest BCUT2D eigenvalue weighted by atomic mass is 16.5. The minimum absolute atomic E-state index is 0.185. The molecule has 1 heterocycles. The minimum Gasteiger partial charge on any atom is -0.393 e. The van der Waals surface area contributed by atoms with Gasteiger partial charge in [-0.05, 0) is 51.0 Å². The van der Waals surface area contributed by atoms with Crippen LogP contribution < -0.4 is 0 Å². The second kappa shape index (κ2) is 6.91. The largest absolute Gasteiger partial charge is 0.393 e. The summed E-state index contributed by atoms with van der Waals surface area (Å²) < 4.78 is 5.57. The zero-order chi connectivity index (χ0) is 12.8. The van der Waals surface area contributed by atoms with Crippen LogP contribution in [0.25, 0.3) is 0 Å². The Hall–Kier alpha value is -0.860. The van der Waals surface area contributed by atoms with E-state index in [9.17, 15) is 5.11 Å². The third kappa shape index (κ3) is 4.43. The number of aliphatic hydroxyl groups is 1. The highest BCUT2D eigenvalue weighted by Gasteiger charge is 2.16. The lowest BCUT2D eigenvalue weighted by Gasteiger charge is -2.14. The van der Waals surface area contributed by atoms with Crippen LogP contribution in [-0.4, -0.2) is 23.9 Å². The number of aliphatic hydroxyl groups excluding tert-OH is 1. The molecule has 2 unspecified atom stereocenters. The summed E-state index contributed by atoms with van der Waals surface area (Å²) in [6.07, 6.45) is 6.28. The van der Waals surface area contributed by atoms with Crippen LogP contribution in [0.5, 0.6) is 0 Å². The smallest absolute Gasteiger partial charge is 0.0577 e. The molecule has 100 valence electrons. The second-order valence-corrected chi connectivity index (χ2v) is 5.39. The minimum atomic E-state index is -0.185. The molecule has 1 aromatic carbocycles. The fraction of sp³-hybridized carbons (Fsp3) is 0.625. The second-order valence-electron chi connectivity index (χ2n) is 5.39. The third-order valence-electron chi connectivity index (χ3n) is 3.69. The summed E-state index contributed by atoms with van der Waals surface area (Å²) in [5.74, 6) is 0. The third-order valence-corrected chi connectivity index (χ3v) is 3.69. The number of aryl methyl sites for hydroxylation is 2. The van der Waals surface area contributed by atoms with Gasteiger partial charge in [-0.2, -0.15) is 0 Å². The topological polar surface area (TPSA) is 29.5 Å². The molecule has 18 heavy (non-hydrogen) atoms. The number of ether oxygens (including phenoxy) is 1. The Labute approximate surface area is 110 Å². The van der Waals surface area contributed by atoms with Crippen molar-refractivity contribution in [3.63, 3.8) is 0 Å². The van der Waals surface area contributed by atoms with Gasteiger partial charge in [0.2, 0.25) is 0 Å². The van der Waals surface area contributed by atoms with Crippen LogP contribution in [0.2, 0.25) is 0 Å². The van der Waals surface area contributed by atoms with E-state index in [1.807, 2.05) is 0 Å². The molecule has 0 aromatic heterocycles. The maximum absolute atomic E-state index is 9.98. The molecule has 1 N–H and O–H groups in total. The molecule has 1 aromatic rings. The molecular weight excluding hydrogens is 224 g/mol. The first-order valence-electron chi connectivity index (χ1n) is 7.09. The molecule has 2 nitrogen and oxygen atoms in total. The first-order chi connectivity index (χ1) is 8.74. The average molecular weight is 248 g/mol. The van der Waals surface area contributed by atoms with E-state index in [1.165, 1.54) is 24.0 Å². The fourth-order valence-electron chi connectivity index (χ4n) is 2.60. The maximum Gasteiger partial charge on any atom is 0.0577 e. The van der Waals surface area contributed by atoms with E-state index in [-0.39, 0.29) is 6.10 Å². The molecule has 2 atom stereocenters. The molecule has 2 heteroatoms. The van der Waals surface area contributed by atoms with E-state index >= 15 is 0 Å². The predicted molar refractivity (Wildman–Crippen MR) is 73.7 cm³/mol. The zero-order valence-electron chi connectivity index (χ0n) is 11.3. The summed E-state index contributed by atoms with van der Waals surface area (Å²) in [5.41, 5.74) is 2.62. The Morgan fingerprint density at radius 1 is 1.39 bits per heavy atom. The van der Waals surface area contributed by atoms with Crippen molar-refractivity contribution >= 4 is 0 Å². The van der Waals surface area contributed by atoms with Gasteiger partial charge in [-0.3, -0.25) is 0 Å². The lowest BCUT2D eigenvalue weighted by molar-refractivity contribution is 0.0791. The van der Waals surface area contributed by atoms with Crippen LogP contribution in [0.3, 0.4) is 0 Å². The van der Waals surface area contributed by atoms with Gasteiger partial charge >= 0.3 is 0 Å². The summed E-state index contributed by atoms with van der Waals surface area (Å²) in [6, 6.07) is 8.54. The van der Waals surface area contributed by atoms with Crippen LogP contribution >= 0.6 is 0 Å². The summed E-state index contributed by atoms with van der Waals surface area (Å²) in [5, 5.41) is 9.98. The fourth-order valence-corrected chi connectivity index (χ4v) is 2.60. The lowest BCUT2D eigenvalue weighted by atomic mass is 10.0. The molecule has 0 saturated carbocycles. The summed E-state index contributed by atoms with van der Waals surface area (Å²) in [6.45, 7) is 3.02. The highest BCUT2D eigenvalue weighted by molar-refractivity contribution is 5.22. The van der Waals surface area contributed by atoms with Crippen LogP contribution in [0.4, 0.5) is 0 Å². The molecule has 1 aliphatic heterocycles. The van der Waals surface area contributed by atoms with Crippen LogP contribution in [0.15, 0.2) is 24.3 Å². The van der Waals surface area contributed by atoms with Gasteiger partial charge in [0.15, 0.2) is 0 Å². The van der Waals surface area contributed by atoms with E-state index < -0.39 is 0 Å². The average Bonchev–Trinajstić information content (AvgIpc) is 2.87. The number of hydrogen-bond acceptors (Lipinski definition) is 2. The quantitative estimate of drug-likeness (QED) is 0.837. The van der Waals surface area contributed by atoms with Gasteiger partial charge in [0.25, 0.3) is 0 Å². The molecule has 2 rings (SSSR count). The summed E-state index contributed by atoms with van der Waals surface area (Å²) in [7, 11) is 0. The Morgan fingerprint density at radius 2 is 2.28 bits per heavy atom. The Bertz CT molecular complexity index is 356. The molecule has 0 amide bonds. The van der Waals surface area contributed by atoms with Crippen molar-refractivity contribution in [2.75, 3.05) is 6.61 Å². The van der Waals surface area contributed by atoms with Crippen molar-refractivity contribution in [3.05, 3.63) is 35.4 Å². The molecule has 1 fully saturated rings. The monoisotopic (exact) mass is 248 g/mol. The first-order valence-corrected chi connectivity index (χ1v) is 7.09. The predicted octanol–water partition coefficient (Wildman–Crippen LogP) is 3.25. The Morgan fingerprint density at radius 3 is 3.00 bits per heavy atom. The Kier molecular flexibility index (Phi) is 5.21. The van der Waals surface area contributed by atoms with Crippen LogP contribution in [0, 0.1) is 6.92 Å². The van der Waals surface area contributed by atoms with E-state index in [2.05, 4.69) is 31.2 Å². The normalized spacial score (nSPS) is 21.1. The highest BCUT2D eigenvalue weighted by Crippen LogP contribution is 2.19. The SMILES string of the molecule is Cc1cccc(CCC(O)CCC2CCCO2)c1. The van der Waals surface area contributed by atoms with Gasteiger partial charge in [-0.1, -0.05) is 29.8 Å². The lowest BCUT2D eigenvalue weighted by Crippen LogP contribution is -2.13. The molecule has 0 radical (unpaired) electrons. The summed E-state index contributed by atoms with van der Waals surface area (Å²) in [4.78, 5) is 0. The number of benzene rings is 1. The van der Waals surface area contributed by atoms with Gasteiger partial charge in [0.05, 0.1) is 12.2 Å². The van der Waals surface area contributed by atoms with Crippen molar-refractivity contribution in [2.24, 2.45) is 0 Å². The van der Waals surface area contributed by atoms with Crippen LogP contribution in [0.1, 0.15) is 43.2 Å². The van der Waals surface area contributed by atoms with Gasteiger partial charge in [-0.15, -0.1) is 0 Å². The van der Waals surface area contributed by atoms with Crippen molar-refractivity contribution in [1.82, 2.24) is 0 Å². The van der Waals surface area contributed by atoms with E-state index in [1.54, 1.807) is 0 Å².